The molecule has 3 rings (SSSR count). The molecule has 2 aromatic carbocycles. The molecule has 0 aliphatic carbocycles. The molecule has 0 aliphatic rings. The number of aromatic nitrogens is 1. The molecule has 0 fully saturated rings. The Kier molecular flexibility index (Phi) is 4.15. The summed E-state index contributed by atoms with van der Waals surface area (Å²) in [6.07, 6.45) is 1.58. The van der Waals surface area contributed by atoms with Crippen LogP contribution >= 0.6 is 0 Å². The zero-order valence-electron chi connectivity index (χ0n) is 13.1. The van der Waals surface area contributed by atoms with Gasteiger partial charge in [-0.2, -0.15) is 0 Å². The van der Waals surface area contributed by atoms with E-state index in [1.54, 1.807) is 18.3 Å². The van der Waals surface area contributed by atoms with Crippen LogP contribution in [0.15, 0.2) is 59.6 Å². The van der Waals surface area contributed by atoms with Crippen molar-refractivity contribution in [2.24, 2.45) is 0 Å². The Morgan fingerprint density at radius 2 is 1.79 bits per heavy atom. The molecule has 5 nitrogen and oxygen atoms in total. The van der Waals surface area contributed by atoms with Crippen LogP contribution in [0.3, 0.4) is 0 Å². The molecule has 1 heterocycles. The van der Waals surface area contributed by atoms with Crippen molar-refractivity contribution in [2.75, 3.05) is 0 Å². The third-order valence-electron chi connectivity index (χ3n) is 4.08. The number of aromatic amines is 1. The van der Waals surface area contributed by atoms with Gasteiger partial charge in [-0.3, -0.25) is 4.79 Å². The van der Waals surface area contributed by atoms with Crippen LogP contribution in [-0.2, 0) is 21.1 Å². The van der Waals surface area contributed by atoms with E-state index in [2.05, 4.69) is 4.98 Å². The maximum atomic E-state index is 12.8. The summed E-state index contributed by atoms with van der Waals surface area (Å²) in [6.45, 7) is 1.84. The van der Waals surface area contributed by atoms with Gasteiger partial charge in [0.05, 0.1) is 4.90 Å². The second-order valence-corrected chi connectivity index (χ2v) is 7.88. The Hall–Kier alpha value is -2.60. The van der Waals surface area contributed by atoms with E-state index in [4.69, 9.17) is 0 Å². The zero-order valence-corrected chi connectivity index (χ0v) is 13.9. The molecule has 0 unspecified atom stereocenters. The van der Waals surface area contributed by atoms with Crippen LogP contribution in [-0.4, -0.2) is 29.7 Å². The van der Waals surface area contributed by atoms with Gasteiger partial charge in [0.2, 0.25) is 0 Å². The highest BCUT2D eigenvalue weighted by Crippen LogP contribution is 2.24. The van der Waals surface area contributed by atoms with Gasteiger partial charge in [-0.1, -0.05) is 35.9 Å². The number of fused-ring (bicyclic) bond motifs is 1. The third-order valence-corrected chi connectivity index (χ3v) is 6.13. The summed E-state index contributed by atoms with van der Waals surface area (Å²) in [5.74, 6) is -1.35. The quantitative estimate of drug-likeness (QED) is 0.745. The Bertz CT molecular complexity index is 987. The highest BCUT2D eigenvalue weighted by Gasteiger charge is 2.34. The molecule has 0 aliphatic heterocycles. The summed E-state index contributed by atoms with van der Waals surface area (Å²) in [5.41, 5.74) is 2.44. The van der Waals surface area contributed by atoms with Crippen molar-refractivity contribution in [1.29, 1.82) is 0 Å². The molecular formula is C18H17NO4S. The first kappa shape index (κ1) is 16.3. The Balaban J connectivity index is 2.01. The molecule has 6 heteroatoms. The topological polar surface area (TPSA) is 87.2 Å². The molecular weight excluding hydrogens is 326 g/mol. The van der Waals surface area contributed by atoms with E-state index in [0.717, 1.165) is 16.5 Å². The second-order valence-electron chi connectivity index (χ2n) is 5.75. The van der Waals surface area contributed by atoms with Crippen LogP contribution in [0.2, 0.25) is 0 Å². The van der Waals surface area contributed by atoms with Gasteiger partial charge in [-0.15, -0.1) is 0 Å². The summed E-state index contributed by atoms with van der Waals surface area (Å²) < 4.78 is 25.5. The largest absolute Gasteiger partial charge is 0.480 e. The van der Waals surface area contributed by atoms with Gasteiger partial charge in [-0.25, -0.2) is 8.42 Å². The van der Waals surface area contributed by atoms with Crippen molar-refractivity contribution >= 4 is 26.7 Å². The van der Waals surface area contributed by atoms with Crippen molar-refractivity contribution in [2.45, 2.75) is 23.5 Å². The van der Waals surface area contributed by atoms with Gasteiger partial charge in [0, 0.05) is 23.5 Å². The minimum absolute atomic E-state index is 0.0281. The maximum Gasteiger partial charge on any atom is 0.322 e. The lowest BCUT2D eigenvalue weighted by Crippen LogP contribution is -2.32. The SMILES string of the molecule is Cc1ccc(S(=O)(=O)[C@@H](Cc2c[nH]c3ccccc23)C(=O)O)cc1. The number of hydrogen-bond acceptors (Lipinski definition) is 3. The molecule has 3 aromatic rings. The summed E-state index contributed by atoms with van der Waals surface area (Å²) in [7, 11) is -3.98. The predicted octanol–water partition coefficient (Wildman–Crippen LogP) is 2.95. The van der Waals surface area contributed by atoms with Gasteiger partial charge >= 0.3 is 5.97 Å². The minimum Gasteiger partial charge on any atom is -0.480 e. The number of H-pyrrole nitrogens is 1. The van der Waals surface area contributed by atoms with Gasteiger partial charge in [0.1, 0.15) is 0 Å². The predicted molar refractivity (Wildman–Crippen MR) is 91.8 cm³/mol. The van der Waals surface area contributed by atoms with Crippen LogP contribution in [0.4, 0.5) is 0 Å². The van der Waals surface area contributed by atoms with Crippen LogP contribution in [0, 0.1) is 6.92 Å². The smallest absolute Gasteiger partial charge is 0.322 e. The molecule has 0 saturated heterocycles. The van der Waals surface area contributed by atoms with Crippen LogP contribution in [0.1, 0.15) is 11.1 Å². The number of hydrogen-bond donors (Lipinski definition) is 2. The van der Waals surface area contributed by atoms with Crippen molar-refractivity contribution in [3.8, 4) is 0 Å². The van der Waals surface area contributed by atoms with E-state index < -0.39 is 21.1 Å². The molecule has 2 N–H and O–H groups in total. The molecule has 24 heavy (non-hydrogen) atoms. The number of para-hydroxylation sites is 1. The van der Waals surface area contributed by atoms with Gasteiger partial charge in [-0.05, 0) is 30.7 Å². The Morgan fingerprint density at radius 1 is 1.12 bits per heavy atom. The van der Waals surface area contributed by atoms with Crippen molar-refractivity contribution < 1.29 is 18.3 Å². The number of carbonyl (C=O) groups is 1. The van der Waals surface area contributed by atoms with E-state index in [-0.39, 0.29) is 11.3 Å². The number of aliphatic carboxylic acids is 1. The Morgan fingerprint density at radius 3 is 2.46 bits per heavy atom. The Labute approximate surface area is 139 Å². The van der Waals surface area contributed by atoms with Gasteiger partial charge < -0.3 is 10.1 Å². The van der Waals surface area contributed by atoms with E-state index in [1.807, 2.05) is 31.2 Å². The molecule has 0 spiro atoms. The number of sulfone groups is 1. The van der Waals surface area contributed by atoms with Crippen molar-refractivity contribution in [3.05, 3.63) is 65.9 Å². The number of benzene rings is 2. The number of carboxylic acid groups (broad SMARTS) is 1. The minimum atomic E-state index is -3.98. The number of nitrogens with one attached hydrogen (secondary N) is 1. The summed E-state index contributed by atoms with van der Waals surface area (Å²) in [6, 6.07) is 13.6. The van der Waals surface area contributed by atoms with Gasteiger partial charge in [0.25, 0.3) is 0 Å². The van der Waals surface area contributed by atoms with Crippen molar-refractivity contribution in [1.82, 2.24) is 4.98 Å². The number of carboxylic acids is 1. The summed E-state index contributed by atoms with van der Waals surface area (Å²) in [5, 5.41) is 8.81. The molecule has 0 radical (unpaired) electrons. The molecule has 1 atom stereocenters. The maximum absolute atomic E-state index is 12.8. The lowest BCUT2D eigenvalue weighted by Gasteiger charge is -2.13. The number of rotatable bonds is 5. The number of aryl methyl sites for hydroxylation is 1. The molecule has 0 amide bonds. The monoisotopic (exact) mass is 343 g/mol. The fraction of sp³-hybridized carbons (Fsp3) is 0.167. The highest BCUT2D eigenvalue weighted by atomic mass is 32.2. The fourth-order valence-electron chi connectivity index (χ4n) is 2.72. The average molecular weight is 343 g/mol. The highest BCUT2D eigenvalue weighted by molar-refractivity contribution is 7.92. The lowest BCUT2D eigenvalue weighted by molar-refractivity contribution is -0.136. The van der Waals surface area contributed by atoms with E-state index in [9.17, 15) is 18.3 Å². The summed E-state index contributed by atoms with van der Waals surface area (Å²) >= 11 is 0. The van der Waals surface area contributed by atoms with Crippen molar-refractivity contribution in [3.63, 3.8) is 0 Å². The van der Waals surface area contributed by atoms with E-state index in [1.165, 1.54) is 12.1 Å². The third kappa shape index (κ3) is 2.92. The lowest BCUT2D eigenvalue weighted by atomic mass is 10.1. The van der Waals surface area contributed by atoms with Crippen LogP contribution in [0.5, 0.6) is 0 Å². The molecule has 1 aromatic heterocycles. The fourth-order valence-corrected chi connectivity index (χ4v) is 4.23. The van der Waals surface area contributed by atoms with E-state index >= 15 is 0 Å². The van der Waals surface area contributed by atoms with Crippen LogP contribution < -0.4 is 0 Å². The first-order valence-corrected chi connectivity index (χ1v) is 9.02. The average Bonchev–Trinajstić information content (AvgIpc) is 2.95. The molecule has 124 valence electrons. The standard InChI is InChI=1S/C18H17NO4S/c1-12-6-8-14(9-7-12)24(22,23)17(18(20)21)10-13-11-19-16-5-3-2-4-15(13)16/h2-9,11,17,19H,10H2,1H3,(H,20,21)/t17-/m0/s1. The summed E-state index contributed by atoms with van der Waals surface area (Å²) in [4.78, 5) is 14.7. The zero-order chi connectivity index (χ0) is 17.3. The normalized spacial score (nSPS) is 13.0. The second kappa shape index (κ2) is 6.13. The first-order chi connectivity index (χ1) is 11.4. The van der Waals surface area contributed by atoms with E-state index in [0.29, 0.717) is 5.56 Å². The molecule has 0 bridgehead atoms. The van der Waals surface area contributed by atoms with Gasteiger partial charge in [0.15, 0.2) is 15.1 Å². The first-order valence-electron chi connectivity index (χ1n) is 7.48. The van der Waals surface area contributed by atoms with Crippen LogP contribution in [0.25, 0.3) is 10.9 Å². The molecule has 0 saturated carbocycles.